The molecule has 3 N–H and O–H groups in total. The van der Waals surface area contributed by atoms with Gasteiger partial charge in [-0.2, -0.15) is 0 Å². The maximum atomic E-state index is 12.6. The lowest BCUT2D eigenvalue weighted by atomic mass is 10.1. The first-order valence-electron chi connectivity index (χ1n) is 10.1. The van der Waals surface area contributed by atoms with E-state index in [4.69, 9.17) is 16.3 Å². The number of carbonyl (C=O) groups excluding carboxylic acids is 2. The highest BCUT2D eigenvalue weighted by molar-refractivity contribution is 6.31. The van der Waals surface area contributed by atoms with E-state index in [1.54, 1.807) is 0 Å². The second kappa shape index (κ2) is 10.2. The topological polar surface area (TPSA) is 70.9 Å². The highest BCUT2D eigenvalue weighted by atomic mass is 35.5. The second-order valence-corrected chi connectivity index (χ2v) is 7.96. The van der Waals surface area contributed by atoms with E-state index >= 15 is 0 Å². The number of nitrogens with zero attached hydrogens (tertiary/aromatic N) is 2. The van der Waals surface area contributed by atoms with E-state index < -0.39 is 0 Å². The Balaban J connectivity index is 1.39. The summed E-state index contributed by atoms with van der Waals surface area (Å²) in [5.74, 6) is 0.345. The molecule has 3 rings (SSSR count). The first kappa shape index (κ1) is 21.0. The summed E-state index contributed by atoms with van der Waals surface area (Å²) >= 11 is 6.24. The van der Waals surface area contributed by atoms with Crippen molar-refractivity contribution in [3.63, 3.8) is 0 Å². The van der Waals surface area contributed by atoms with Crippen molar-refractivity contribution in [1.29, 1.82) is 0 Å². The summed E-state index contributed by atoms with van der Waals surface area (Å²) in [4.78, 5) is 30.0. The SMILES string of the molecule is C[C@H]([NH2+]CC(=O)N1CC[NH+](CC(=O)N2CCOCC2)CC1)c1ccccc1Cl. The normalized spacial score (nSPS) is 19.5. The summed E-state index contributed by atoms with van der Waals surface area (Å²) in [5, 5.41) is 2.77. The Morgan fingerprint density at radius 1 is 1.11 bits per heavy atom. The summed E-state index contributed by atoms with van der Waals surface area (Å²) in [6.07, 6.45) is 0. The van der Waals surface area contributed by atoms with E-state index in [1.165, 1.54) is 4.90 Å². The number of rotatable bonds is 6. The Morgan fingerprint density at radius 3 is 2.43 bits per heavy atom. The third-order valence-corrected chi connectivity index (χ3v) is 5.97. The van der Waals surface area contributed by atoms with Gasteiger partial charge in [-0.05, 0) is 13.0 Å². The van der Waals surface area contributed by atoms with Crippen LogP contribution in [0, 0.1) is 0 Å². The number of morpholine rings is 1. The van der Waals surface area contributed by atoms with E-state index in [9.17, 15) is 9.59 Å². The van der Waals surface area contributed by atoms with E-state index in [-0.39, 0.29) is 17.9 Å². The first-order valence-corrected chi connectivity index (χ1v) is 10.5. The minimum Gasteiger partial charge on any atom is -0.378 e. The van der Waals surface area contributed by atoms with Gasteiger partial charge in [0.05, 0.1) is 39.4 Å². The van der Waals surface area contributed by atoms with Crippen molar-refractivity contribution < 1.29 is 24.5 Å². The van der Waals surface area contributed by atoms with Crippen molar-refractivity contribution in [2.45, 2.75) is 13.0 Å². The molecule has 1 atom stereocenters. The molecule has 0 bridgehead atoms. The van der Waals surface area contributed by atoms with Crippen LogP contribution in [0.25, 0.3) is 0 Å². The first-order chi connectivity index (χ1) is 13.5. The molecule has 28 heavy (non-hydrogen) atoms. The summed E-state index contributed by atoms with van der Waals surface area (Å²) in [6, 6.07) is 7.89. The predicted molar refractivity (Wildman–Crippen MR) is 106 cm³/mol. The predicted octanol–water partition coefficient (Wildman–Crippen LogP) is -1.45. The molecule has 7 nitrogen and oxygen atoms in total. The fourth-order valence-electron chi connectivity index (χ4n) is 3.77. The average Bonchev–Trinajstić information content (AvgIpc) is 2.73. The Labute approximate surface area is 171 Å². The zero-order valence-corrected chi connectivity index (χ0v) is 17.3. The molecule has 0 unspecified atom stereocenters. The van der Waals surface area contributed by atoms with Gasteiger partial charge in [0.25, 0.3) is 11.8 Å². The van der Waals surface area contributed by atoms with Gasteiger partial charge in [0, 0.05) is 23.7 Å². The highest BCUT2D eigenvalue weighted by Gasteiger charge is 2.28. The van der Waals surface area contributed by atoms with Crippen molar-refractivity contribution >= 4 is 23.4 Å². The van der Waals surface area contributed by atoms with Crippen molar-refractivity contribution in [2.75, 3.05) is 65.6 Å². The Morgan fingerprint density at radius 2 is 1.75 bits per heavy atom. The van der Waals surface area contributed by atoms with Gasteiger partial charge in [0.15, 0.2) is 13.1 Å². The molecule has 154 valence electrons. The van der Waals surface area contributed by atoms with Crippen LogP contribution in [0.15, 0.2) is 24.3 Å². The minimum absolute atomic E-state index is 0.135. The molecule has 0 radical (unpaired) electrons. The molecular weight excluding hydrogens is 380 g/mol. The Bertz CT molecular complexity index is 673. The maximum absolute atomic E-state index is 12.6. The van der Waals surface area contributed by atoms with Crippen LogP contribution < -0.4 is 10.2 Å². The lowest BCUT2D eigenvalue weighted by Gasteiger charge is -2.33. The van der Waals surface area contributed by atoms with Gasteiger partial charge in [-0.1, -0.05) is 29.8 Å². The number of halogens is 1. The molecule has 0 aliphatic carbocycles. The average molecular weight is 411 g/mol. The smallest absolute Gasteiger partial charge is 0.278 e. The van der Waals surface area contributed by atoms with Crippen LogP contribution in [0.4, 0.5) is 0 Å². The number of nitrogens with two attached hydrogens (primary N) is 1. The minimum atomic E-state index is 0.135. The van der Waals surface area contributed by atoms with Crippen LogP contribution in [0.5, 0.6) is 0 Å². The number of piperazine rings is 1. The van der Waals surface area contributed by atoms with Crippen molar-refractivity contribution in [3.05, 3.63) is 34.9 Å². The third kappa shape index (κ3) is 5.67. The number of carbonyl (C=O) groups is 2. The molecule has 0 aromatic heterocycles. The van der Waals surface area contributed by atoms with Crippen LogP contribution in [-0.4, -0.2) is 87.2 Å². The highest BCUT2D eigenvalue weighted by Crippen LogP contribution is 2.19. The molecule has 2 amide bonds. The van der Waals surface area contributed by atoms with Gasteiger partial charge in [0.2, 0.25) is 0 Å². The zero-order valence-electron chi connectivity index (χ0n) is 16.5. The Kier molecular flexibility index (Phi) is 7.67. The molecule has 2 heterocycles. The van der Waals surface area contributed by atoms with Gasteiger partial charge < -0.3 is 24.8 Å². The summed E-state index contributed by atoms with van der Waals surface area (Å²) in [5.41, 5.74) is 1.05. The van der Waals surface area contributed by atoms with Crippen molar-refractivity contribution in [3.8, 4) is 0 Å². The lowest BCUT2D eigenvalue weighted by Crippen LogP contribution is -3.16. The van der Waals surface area contributed by atoms with E-state index in [0.29, 0.717) is 52.5 Å². The van der Waals surface area contributed by atoms with Crippen LogP contribution in [0.1, 0.15) is 18.5 Å². The number of hydrogen-bond donors (Lipinski definition) is 2. The summed E-state index contributed by atoms with van der Waals surface area (Å²) < 4.78 is 5.30. The monoisotopic (exact) mass is 410 g/mol. The molecule has 2 aliphatic rings. The molecule has 1 aromatic carbocycles. The number of benzene rings is 1. The van der Waals surface area contributed by atoms with Gasteiger partial charge in [-0.3, -0.25) is 9.59 Å². The van der Waals surface area contributed by atoms with Gasteiger partial charge in [-0.15, -0.1) is 0 Å². The molecule has 0 spiro atoms. The van der Waals surface area contributed by atoms with E-state index in [1.807, 2.05) is 39.4 Å². The lowest BCUT2D eigenvalue weighted by molar-refractivity contribution is -0.896. The standard InChI is InChI=1S/C20H29ClN4O3/c1-16(17-4-2-3-5-18(17)21)22-14-19(26)24-8-6-23(7-9-24)15-20(27)25-10-12-28-13-11-25/h2-5,16,22H,6-15H2,1H3/p+2/t16-/m0/s1. The zero-order chi connectivity index (χ0) is 19.9. The molecule has 2 fully saturated rings. The van der Waals surface area contributed by atoms with Crippen LogP contribution in [0.3, 0.4) is 0 Å². The third-order valence-electron chi connectivity index (χ3n) is 5.63. The number of quaternary nitrogens is 2. The maximum Gasteiger partial charge on any atom is 0.278 e. The molecule has 8 heteroatoms. The van der Waals surface area contributed by atoms with Gasteiger partial charge >= 0.3 is 0 Å². The summed E-state index contributed by atoms with van der Waals surface area (Å²) in [7, 11) is 0. The molecular formula is C20H31ClN4O3+2. The number of ether oxygens (including phenoxy) is 1. The fourth-order valence-corrected chi connectivity index (χ4v) is 4.07. The number of amides is 2. The number of nitrogens with one attached hydrogen (secondary N) is 1. The van der Waals surface area contributed by atoms with Gasteiger partial charge in [-0.25, -0.2) is 0 Å². The largest absolute Gasteiger partial charge is 0.378 e. The molecule has 0 saturated carbocycles. The van der Waals surface area contributed by atoms with Crippen LogP contribution >= 0.6 is 11.6 Å². The van der Waals surface area contributed by atoms with E-state index in [2.05, 4.69) is 6.92 Å². The van der Waals surface area contributed by atoms with E-state index in [0.717, 1.165) is 23.7 Å². The van der Waals surface area contributed by atoms with Gasteiger partial charge in [0.1, 0.15) is 6.04 Å². The van der Waals surface area contributed by atoms with Crippen molar-refractivity contribution in [2.24, 2.45) is 0 Å². The quantitative estimate of drug-likeness (QED) is 0.603. The van der Waals surface area contributed by atoms with Crippen molar-refractivity contribution in [1.82, 2.24) is 9.80 Å². The Hall–Kier alpha value is -1.67. The summed E-state index contributed by atoms with van der Waals surface area (Å²) in [6.45, 7) is 8.69. The molecule has 1 aromatic rings. The fraction of sp³-hybridized carbons (Fsp3) is 0.600. The second-order valence-electron chi connectivity index (χ2n) is 7.55. The van der Waals surface area contributed by atoms with Crippen LogP contribution in [-0.2, 0) is 14.3 Å². The van der Waals surface area contributed by atoms with Crippen LogP contribution in [0.2, 0.25) is 5.02 Å². The number of hydrogen-bond acceptors (Lipinski definition) is 3. The molecule has 2 saturated heterocycles. The molecule has 2 aliphatic heterocycles.